The minimum atomic E-state index is -0.535. The number of halogens is 3. The van der Waals surface area contributed by atoms with Crippen LogP contribution >= 0.6 is 39.1 Å². The van der Waals surface area contributed by atoms with Gasteiger partial charge in [-0.1, -0.05) is 23.2 Å². The molecule has 8 heteroatoms. The molecule has 1 N–H and O–H groups in total. The number of likely N-dealkylation sites (tertiary alicyclic amines) is 1. The van der Waals surface area contributed by atoms with E-state index >= 15 is 0 Å². The second kappa shape index (κ2) is 7.72. The van der Waals surface area contributed by atoms with Gasteiger partial charge in [-0.25, -0.2) is 4.98 Å². The van der Waals surface area contributed by atoms with Crippen LogP contribution in [0, 0.1) is 0 Å². The minimum absolute atomic E-state index is 0.236. The Labute approximate surface area is 163 Å². The Hall–Kier alpha value is -1.63. The van der Waals surface area contributed by atoms with Crippen LogP contribution in [0.1, 0.15) is 23.2 Å². The second-order valence-corrected chi connectivity index (χ2v) is 7.37. The van der Waals surface area contributed by atoms with Gasteiger partial charge in [0.15, 0.2) is 0 Å². The highest BCUT2D eigenvalue weighted by molar-refractivity contribution is 9.10. The van der Waals surface area contributed by atoms with Crippen LogP contribution in [0.5, 0.6) is 0 Å². The highest BCUT2D eigenvalue weighted by Crippen LogP contribution is 2.26. The van der Waals surface area contributed by atoms with E-state index in [1.165, 1.54) is 6.07 Å². The van der Waals surface area contributed by atoms with E-state index < -0.39 is 6.04 Å². The lowest BCUT2D eigenvalue weighted by atomic mass is 10.1. The number of pyridine rings is 1. The number of hydrogen-bond acceptors (Lipinski definition) is 3. The molecule has 0 radical (unpaired) electrons. The highest BCUT2D eigenvalue weighted by atomic mass is 79.9. The lowest BCUT2D eigenvalue weighted by Crippen LogP contribution is -2.43. The fraction of sp³-hybridized carbons (Fsp3) is 0.235. The van der Waals surface area contributed by atoms with E-state index in [4.69, 9.17) is 23.2 Å². The summed E-state index contributed by atoms with van der Waals surface area (Å²) in [6.45, 7) is 0.519. The van der Waals surface area contributed by atoms with Gasteiger partial charge in [0.2, 0.25) is 5.91 Å². The lowest BCUT2D eigenvalue weighted by Gasteiger charge is -2.24. The molecule has 1 aromatic heterocycles. The van der Waals surface area contributed by atoms with Crippen LogP contribution in [0.3, 0.4) is 0 Å². The van der Waals surface area contributed by atoms with E-state index in [0.29, 0.717) is 34.4 Å². The molecule has 1 aliphatic heterocycles. The molecule has 25 heavy (non-hydrogen) atoms. The molecule has 2 amide bonds. The van der Waals surface area contributed by atoms with E-state index in [-0.39, 0.29) is 11.8 Å². The largest absolute Gasteiger partial charge is 0.327 e. The highest BCUT2D eigenvalue weighted by Gasteiger charge is 2.34. The van der Waals surface area contributed by atoms with Gasteiger partial charge in [-0.2, -0.15) is 0 Å². The first kappa shape index (κ1) is 18.2. The number of amides is 2. The molecular weight excluding hydrogens is 429 g/mol. The van der Waals surface area contributed by atoms with Crippen molar-refractivity contribution in [3.8, 4) is 0 Å². The monoisotopic (exact) mass is 441 g/mol. The summed E-state index contributed by atoms with van der Waals surface area (Å²) >= 11 is 15.2. The van der Waals surface area contributed by atoms with Crippen LogP contribution in [0.15, 0.2) is 41.0 Å². The number of carbonyl (C=O) groups is 2. The summed E-state index contributed by atoms with van der Waals surface area (Å²) in [6.07, 6.45) is 2.97. The lowest BCUT2D eigenvalue weighted by molar-refractivity contribution is -0.119. The number of hydrogen-bond donors (Lipinski definition) is 1. The summed E-state index contributed by atoms with van der Waals surface area (Å²) in [6, 6.07) is 7.66. The third kappa shape index (κ3) is 4.14. The van der Waals surface area contributed by atoms with Crippen LogP contribution in [0.25, 0.3) is 0 Å². The molecule has 0 bridgehead atoms. The van der Waals surface area contributed by atoms with Crippen molar-refractivity contribution in [1.82, 2.24) is 9.88 Å². The number of aromatic nitrogens is 1. The Morgan fingerprint density at radius 3 is 2.68 bits per heavy atom. The Morgan fingerprint density at radius 2 is 2.00 bits per heavy atom. The van der Waals surface area contributed by atoms with Crippen molar-refractivity contribution in [1.29, 1.82) is 0 Å². The van der Waals surface area contributed by atoms with Gasteiger partial charge >= 0.3 is 0 Å². The average Bonchev–Trinajstić information content (AvgIpc) is 3.08. The Kier molecular flexibility index (Phi) is 5.61. The number of rotatable bonds is 3. The van der Waals surface area contributed by atoms with Crippen molar-refractivity contribution in [2.45, 2.75) is 18.9 Å². The summed E-state index contributed by atoms with van der Waals surface area (Å²) in [5.74, 6) is -0.0391. The quantitative estimate of drug-likeness (QED) is 0.766. The van der Waals surface area contributed by atoms with Crippen LogP contribution < -0.4 is 5.32 Å². The van der Waals surface area contributed by atoms with Gasteiger partial charge < -0.3 is 10.2 Å². The van der Waals surface area contributed by atoms with E-state index in [1.807, 2.05) is 0 Å². The van der Waals surface area contributed by atoms with Crippen LogP contribution in [0.4, 0.5) is 5.82 Å². The fourth-order valence-electron chi connectivity index (χ4n) is 2.74. The zero-order valence-electron chi connectivity index (χ0n) is 13.0. The molecule has 2 aromatic rings. The van der Waals surface area contributed by atoms with Crippen molar-refractivity contribution in [2.24, 2.45) is 0 Å². The van der Waals surface area contributed by atoms with Crippen LogP contribution in [0.2, 0.25) is 10.0 Å². The fourth-order valence-corrected chi connectivity index (χ4v) is 3.27. The maximum absolute atomic E-state index is 12.7. The molecule has 130 valence electrons. The summed E-state index contributed by atoms with van der Waals surface area (Å²) in [5, 5.41) is 3.45. The summed E-state index contributed by atoms with van der Waals surface area (Å²) in [7, 11) is 0. The second-order valence-electron chi connectivity index (χ2n) is 5.64. The molecular formula is C17H14BrCl2N3O2. The predicted molar refractivity (Wildman–Crippen MR) is 101 cm³/mol. The number of nitrogens with one attached hydrogen (secondary N) is 1. The van der Waals surface area contributed by atoms with Crippen molar-refractivity contribution in [2.75, 3.05) is 11.9 Å². The first-order valence-corrected chi connectivity index (χ1v) is 9.19. The van der Waals surface area contributed by atoms with Gasteiger partial charge in [0.05, 0.1) is 10.0 Å². The molecule has 1 aliphatic rings. The molecule has 0 saturated carbocycles. The van der Waals surface area contributed by atoms with Gasteiger partial charge in [0.1, 0.15) is 11.9 Å². The molecule has 1 aromatic carbocycles. The molecule has 2 heterocycles. The van der Waals surface area contributed by atoms with Gasteiger partial charge in [-0.3, -0.25) is 9.59 Å². The average molecular weight is 443 g/mol. The number of anilines is 1. The minimum Gasteiger partial charge on any atom is -0.327 e. The van der Waals surface area contributed by atoms with E-state index in [2.05, 4.69) is 26.2 Å². The maximum atomic E-state index is 12.7. The third-order valence-corrected chi connectivity index (χ3v) is 5.17. The molecule has 0 spiro atoms. The smallest absolute Gasteiger partial charge is 0.254 e. The van der Waals surface area contributed by atoms with Crippen molar-refractivity contribution < 1.29 is 9.59 Å². The Bertz CT molecular complexity index is 814. The summed E-state index contributed by atoms with van der Waals surface area (Å²) in [5.41, 5.74) is 0.413. The Balaban J connectivity index is 1.74. The summed E-state index contributed by atoms with van der Waals surface area (Å²) < 4.78 is 0.822. The van der Waals surface area contributed by atoms with Crippen LogP contribution in [-0.4, -0.2) is 34.3 Å². The SMILES string of the molecule is O=C(Nc1ccc(Br)cn1)C1CCCN1C(=O)c1ccc(Cl)c(Cl)c1. The van der Waals surface area contributed by atoms with Crippen LogP contribution in [-0.2, 0) is 4.79 Å². The van der Waals surface area contributed by atoms with Crippen molar-refractivity contribution >= 4 is 56.8 Å². The zero-order chi connectivity index (χ0) is 18.0. The standard InChI is InChI=1S/C17H14BrCl2N3O2/c18-11-4-6-15(21-9-11)22-16(24)14-2-1-7-23(14)17(25)10-3-5-12(19)13(20)8-10/h3-6,8-9,14H,1-2,7H2,(H,21,22,24). The van der Waals surface area contributed by atoms with E-state index in [1.54, 1.807) is 35.4 Å². The molecule has 1 atom stereocenters. The molecule has 0 aliphatic carbocycles. The molecule has 5 nitrogen and oxygen atoms in total. The predicted octanol–water partition coefficient (Wildman–Crippen LogP) is 4.39. The van der Waals surface area contributed by atoms with Gasteiger partial charge in [0, 0.05) is 22.8 Å². The third-order valence-electron chi connectivity index (χ3n) is 3.96. The van der Waals surface area contributed by atoms with Crippen molar-refractivity contribution in [3.63, 3.8) is 0 Å². The molecule has 1 fully saturated rings. The topological polar surface area (TPSA) is 62.3 Å². The maximum Gasteiger partial charge on any atom is 0.254 e. The van der Waals surface area contributed by atoms with Crippen molar-refractivity contribution in [3.05, 3.63) is 56.6 Å². The van der Waals surface area contributed by atoms with Gasteiger partial charge in [-0.05, 0) is 59.1 Å². The Morgan fingerprint density at radius 1 is 1.20 bits per heavy atom. The van der Waals surface area contributed by atoms with Gasteiger partial charge in [-0.15, -0.1) is 0 Å². The first-order chi connectivity index (χ1) is 12.0. The van der Waals surface area contributed by atoms with E-state index in [0.717, 1.165) is 10.9 Å². The van der Waals surface area contributed by atoms with Gasteiger partial charge in [0.25, 0.3) is 5.91 Å². The molecule has 3 rings (SSSR count). The first-order valence-electron chi connectivity index (χ1n) is 7.64. The molecule has 1 unspecified atom stereocenters. The zero-order valence-corrected chi connectivity index (χ0v) is 16.1. The number of nitrogens with zero attached hydrogens (tertiary/aromatic N) is 2. The summed E-state index contributed by atoms with van der Waals surface area (Å²) in [4.78, 5) is 31.0. The number of carbonyl (C=O) groups excluding carboxylic acids is 2. The molecule has 1 saturated heterocycles. The normalized spacial score (nSPS) is 16.8. The number of benzene rings is 1. The van der Waals surface area contributed by atoms with E-state index in [9.17, 15) is 9.59 Å².